The normalized spacial score (nSPS) is 15.2. The average Bonchev–Trinajstić information content (AvgIpc) is 2.04. The molecule has 1 aromatic rings. The molecule has 1 nitrogen and oxygen atoms in total. The zero-order valence-corrected chi connectivity index (χ0v) is 7.29. The van der Waals surface area contributed by atoms with Crippen molar-refractivity contribution >= 4 is 17.3 Å². The zero-order chi connectivity index (χ0) is 8.55. The van der Waals surface area contributed by atoms with Gasteiger partial charge < -0.3 is 5.32 Å². The maximum absolute atomic E-state index is 13.2. The maximum Gasteiger partial charge on any atom is 0.148 e. The smallest absolute Gasteiger partial charge is 0.148 e. The van der Waals surface area contributed by atoms with Gasteiger partial charge in [0.15, 0.2) is 0 Å². The van der Waals surface area contributed by atoms with Crippen LogP contribution in [0.2, 0.25) is 5.02 Å². The summed E-state index contributed by atoms with van der Waals surface area (Å²) in [5.74, 6) is -0.239. The van der Waals surface area contributed by atoms with E-state index in [1.165, 1.54) is 6.07 Å². The summed E-state index contributed by atoms with van der Waals surface area (Å²) in [5, 5.41) is 3.51. The first-order chi connectivity index (χ1) is 5.77. The maximum atomic E-state index is 13.2. The van der Waals surface area contributed by atoms with Crippen LogP contribution < -0.4 is 5.32 Å². The fourth-order valence-electron chi connectivity index (χ4n) is 1.51. The molecule has 0 radical (unpaired) electrons. The summed E-state index contributed by atoms with van der Waals surface area (Å²) in [6.45, 7) is 0.853. The molecule has 0 bridgehead atoms. The van der Waals surface area contributed by atoms with Crippen LogP contribution >= 0.6 is 11.6 Å². The molecule has 0 amide bonds. The Morgan fingerprint density at radius 1 is 1.42 bits per heavy atom. The molecule has 1 aliphatic heterocycles. The Hall–Kier alpha value is -0.760. The van der Waals surface area contributed by atoms with Crippen LogP contribution in [0.3, 0.4) is 0 Å². The first-order valence-electron chi connectivity index (χ1n) is 3.99. The summed E-state index contributed by atoms with van der Waals surface area (Å²) in [6.07, 6.45) is 1.96. The lowest BCUT2D eigenvalue weighted by molar-refractivity contribution is 0.623. The van der Waals surface area contributed by atoms with E-state index in [1.54, 1.807) is 0 Å². The van der Waals surface area contributed by atoms with Gasteiger partial charge in [-0.1, -0.05) is 11.6 Å². The minimum atomic E-state index is -0.239. The van der Waals surface area contributed by atoms with Crippen LogP contribution in [0.5, 0.6) is 0 Å². The van der Waals surface area contributed by atoms with Crippen LogP contribution in [0.1, 0.15) is 12.0 Å². The van der Waals surface area contributed by atoms with Gasteiger partial charge in [-0.3, -0.25) is 0 Å². The predicted octanol–water partition coefficient (Wildman–Crippen LogP) is 2.84. The third-order valence-corrected chi connectivity index (χ3v) is 2.28. The lowest BCUT2D eigenvalue weighted by atomic mass is 10.0. The molecule has 1 aromatic carbocycles. The van der Waals surface area contributed by atoms with Crippen molar-refractivity contribution in [2.75, 3.05) is 11.9 Å². The van der Waals surface area contributed by atoms with Gasteiger partial charge in [0.2, 0.25) is 0 Å². The van der Waals surface area contributed by atoms with Crippen molar-refractivity contribution in [2.45, 2.75) is 12.8 Å². The second kappa shape index (κ2) is 2.94. The van der Waals surface area contributed by atoms with E-state index >= 15 is 0 Å². The number of benzene rings is 1. The molecule has 0 atom stereocenters. The van der Waals surface area contributed by atoms with Gasteiger partial charge in [-0.15, -0.1) is 0 Å². The van der Waals surface area contributed by atoms with E-state index < -0.39 is 0 Å². The van der Waals surface area contributed by atoms with Crippen molar-refractivity contribution < 1.29 is 4.39 Å². The van der Waals surface area contributed by atoms with E-state index in [9.17, 15) is 4.39 Å². The van der Waals surface area contributed by atoms with E-state index in [4.69, 9.17) is 11.6 Å². The molecule has 1 heterocycles. The topological polar surface area (TPSA) is 12.0 Å². The molecule has 12 heavy (non-hydrogen) atoms. The number of rotatable bonds is 0. The molecule has 3 heteroatoms. The van der Waals surface area contributed by atoms with Crippen LogP contribution in [-0.4, -0.2) is 6.54 Å². The van der Waals surface area contributed by atoms with Gasteiger partial charge in [0.25, 0.3) is 0 Å². The van der Waals surface area contributed by atoms with Crippen molar-refractivity contribution in [3.05, 3.63) is 28.5 Å². The Bertz CT molecular complexity index is 312. The summed E-state index contributed by atoms with van der Waals surface area (Å²) in [4.78, 5) is 0. The average molecular weight is 186 g/mol. The Balaban J connectivity index is 2.53. The van der Waals surface area contributed by atoms with Crippen molar-refractivity contribution in [2.24, 2.45) is 0 Å². The first-order valence-corrected chi connectivity index (χ1v) is 4.37. The number of hydrogen-bond acceptors (Lipinski definition) is 1. The van der Waals surface area contributed by atoms with E-state index in [2.05, 4.69) is 5.32 Å². The van der Waals surface area contributed by atoms with Gasteiger partial charge >= 0.3 is 0 Å². The van der Waals surface area contributed by atoms with Crippen LogP contribution in [0.25, 0.3) is 0 Å². The SMILES string of the molecule is Fc1cc(Cl)cc2c1NCCC2. The van der Waals surface area contributed by atoms with E-state index in [-0.39, 0.29) is 5.82 Å². The fraction of sp³-hybridized carbons (Fsp3) is 0.333. The molecular weight excluding hydrogens is 177 g/mol. The van der Waals surface area contributed by atoms with E-state index in [0.29, 0.717) is 10.7 Å². The van der Waals surface area contributed by atoms with Crippen LogP contribution in [0.15, 0.2) is 12.1 Å². The lowest BCUT2D eigenvalue weighted by Gasteiger charge is -2.18. The highest BCUT2D eigenvalue weighted by Gasteiger charge is 2.13. The van der Waals surface area contributed by atoms with Crippen molar-refractivity contribution in [3.63, 3.8) is 0 Å². The molecule has 1 aliphatic rings. The highest BCUT2D eigenvalue weighted by molar-refractivity contribution is 6.30. The zero-order valence-electron chi connectivity index (χ0n) is 6.53. The molecule has 1 N–H and O–H groups in total. The Kier molecular flexibility index (Phi) is 1.93. The number of aryl methyl sites for hydroxylation is 1. The predicted molar refractivity (Wildman–Crippen MR) is 48.2 cm³/mol. The van der Waals surface area contributed by atoms with Gasteiger partial charge in [0.1, 0.15) is 5.82 Å². The first kappa shape index (κ1) is 7.87. The highest BCUT2D eigenvalue weighted by Crippen LogP contribution is 2.28. The second-order valence-corrected chi connectivity index (χ2v) is 3.39. The van der Waals surface area contributed by atoms with Gasteiger partial charge in [-0.05, 0) is 30.5 Å². The number of nitrogens with one attached hydrogen (secondary N) is 1. The molecule has 0 fully saturated rings. The largest absolute Gasteiger partial charge is 0.382 e. The summed E-state index contributed by atoms with van der Waals surface area (Å²) < 4.78 is 13.2. The molecule has 0 saturated carbocycles. The number of fused-ring (bicyclic) bond motifs is 1. The molecule has 2 rings (SSSR count). The standard InChI is InChI=1S/C9H9ClFN/c10-7-4-6-2-1-3-12-9(6)8(11)5-7/h4-5,12H,1-3H2. The molecule has 0 unspecified atom stereocenters. The monoisotopic (exact) mass is 185 g/mol. The van der Waals surface area contributed by atoms with Crippen molar-refractivity contribution in [3.8, 4) is 0 Å². The van der Waals surface area contributed by atoms with Crippen LogP contribution in [0.4, 0.5) is 10.1 Å². The van der Waals surface area contributed by atoms with E-state index in [0.717, 1.165) is 24.9 Å². The number of halogens is 2. The molecule has 0 saturated heterocycles. The van der Waals surface area contributed by atoms with E-state index in [1.807, 2.05) is 6.07 Å². The van der Waals surface area contributed by atoms with Crippen LogP contribution in [-0.2, 0) is 6.42 Å². The number of hydrogen-bond donors (Lipinski definition) is 1. The fourth-order valence-corrected chi connectivity index (χ4v) is 1.74. The third kappa shape index (κ3) is 1.27. The Morgan fingerprint density at radius 2 is 2.25 bits per heavy atom. The lowest BCUT2D eigenvalue weighted by Crippen LogP contribution is -2.13. The van der Waals surface area contributed by atoms with Crippen LogP contribution in [0, 0.1) is 5.82 Å². The minimum Gasteiger partial charge on any atom is -0.382 e. The summed E-state index contributed by atoms with van der Waals surface area (Å²) in [5.41, 5.74) is 1.62. The molecular formula is C9H9ClFN. The van der Waals surface area contributed by atoms with Gasteiger partial charge in [0, 0.05) is 11.6 Å². The van der Waals surface area contributed by atoms with Gasteiger partial charge in [0.05, 0.1) is 5.69 Å². The van der Waals surface area contributed by atoms with Crippen molar-refractivity contribution in [1.29, 1.82) is 0 Å². The second-order valence-electron chi connectivity index (χ2n) is 2.95. The summed E-state index contributed by atoms with van der Waals surface area (Å²) in [6, 6.07) is 3.17. The van der Waals surface area contributed by atoms with Crippen molar-refractivity contribution in [1.82, 2.24) is 0 Å². The summed E-state index contributed by atoms with van der Waals surface area (Å²) in [7, 11) is 0. The van der Waals surface area contributed by atoms with Gasteiger partial charge in [-0.2, -0.15) is 0 Å². The highest BCUT2D eigenvalue weighted by atomic mass is 35.5. The molecule has 64 valence electrons. The Morgan fingerprint density at radius 3 is 3.08 bits per heavy atom. The molecule has 0 aromatic heterocycles. The third-order valence-electron chi connectivity index (χ3n) is 2.06. The quantitative estimate of drug-likeness (QED) is 0.656. The minimum absolute atomic E-state index is 0.239. The molecule has 0 aliphatic carbocycles. The molecule has 0 spiro atoms. The van der Waals surface area contributed by atoms with Gasteiger partial charge in [-0.25, -0.2) is 4.39 Å². The number of anilines is 1. The summed E-state index contributed by atoms with van der Waals surface area (Å²) >= 11 is 5.71. The Labute approximate surface area is 75.5 Å².